The van der Waals surface area contributed by atoms with Crippen LogP contribution in [0.2, 0.25) is 5.02 Å². The van der Waals surface area contributed by atoms with Crippen LogP contribution in [0, 0.1) is 13.8 Å². The third-order valence-electron chi connectivity index (χ3n) is 3.23. The van der Waals surface area contributed by atoms with Gasteiger partial charge in [0.2, 0.25) is 0 Å². The predicted octanol–water partition coefficient (Wildman–Crippen LogP) is 2.86. The Hall–Kier alpha value is -0.880. The Morgan fingerprint density at radius 3 is 2.70 bits per heavy atom. The van der Waals surface area contributed by atoms with Crippen LogP contribution in [-0.4, -0.2) is 40.4 Å². The van der Waals surface area contributed by atoms with E-state index in [0.717, 1.165) is 17.0 Å². The Balaban J connectivity index is 2.31. The van der Waals surface area contributed by atoms with Gasteiger partial charge in [-0.05, 0) is 34.0 Å². The summed E-state index contributed by atoms with van der Waals surface area (Å²) in [5.74, 6) is 0. The van der Waals surface area contributed by atoms with Crippen molar-refractivity contribution >= 4 is 22.9 Å². The second-order valence-electron chi connectivity index (χ2n) is 5.18. The van der Waals surface area contributed by atoms with E-state index in [-0.39, 0.29) is 0 Å². The quantitative estimate of drug-likeness (QED) is 0.923. The number of halogens is 1. The molecule has 0 bridgehead atoms. The summed E-state index contributed by atoms with van der Waals surface area (Å²) in [7, 11) is 4.02. The molecule has 0 aliphatic rings. The zero-order chi connectivity index (χ0) is 14.9. The molecule has 2 rings (SSSR count). The van der Waals surface area contributed by atoms with Crippen molar-refractivity contribution in [3.05, 3.63) is 38.3 Å². The van der Waals surface area contributed by atoms with E-state index in [1.165, 1.54) is 4.88 Å². The van der Waals surface area contributed by atoms with E-state index in [9.17, 15) is 5.11 Å². The molecule has 20 heavy (non-hydrogen) atoms. The number of aliphatic hydroxyl groups is 1. The first-order valence-electron chi connectivity index (χ1n) is 6.51. The van der Waals surface area contributed by atoms with Crippen LogP contribution in [0.5, 0.6) is 0 Å². The lowest BCUT2D eigenvalue weighted by Crippen LogP contribution is -2.21. The van der Waals surface area contributed by atoms with Gasteiger partial charge in [-0.25, -0.2) is 0 Å². The van der Waals surface area contributed by atoms with Crippen LogP contribution in [0.15, 0.2) is 12.3 Å². The lowest BCUT2D eigenvalue weighted by atomic mass is 10.1. The predicted molar refractivity (Wildman–Crippen MR) is 83.6 cm³/mol. The zero-order valence-electron chi connectivity index (χ0n) is 12.2. The van der Waals surface area contributed by atoms with Gasteiger partial charge in [-0.2, -0.15) is 5.10 Å². The van der Waals surface area contributed by atoms with Crippen molar-refractivity contribution < 1.29 is 5.11 Å². The van der Waals surface area contributed by atoms with Gasteiger partial charge in [-0.15, -0.1) is 11.3 Å². The van der Waals surface area contributed by atoms with Gasteiger partial charge in [-0.1, -0.05) is 11.6 Å². The summed E-state index contributed by atoms with van der Waals surface area (Å²) in [5, 5.41) is 15.4. The third kappa shape index (κ3) is 3.23. The molecule has 0 saturated carbocycles. The molecule has 2 aromatic heterocycles. The van der Waals surface area contributed by atoms with Crippen molar-refractivity contribution in [3.63, 3.8) is 0 Å². The number of aliphatic hydroxyl groups excluding tert-OH is 1. The summed E-state index contributed by atoms with van der Waals surface area (Å²) in [4.78, 5) is 4.38. The highest BCUT2D eigenvalue weighted by molar-refractivity contribution is 7.12. The molecule has 6 heteroatoms. The summed E-state index contributed by atoms with van der Waals surface area (Å²) in [6.07, 6.45) is 0.877. The first kappa shape index (κ1) is 15.5. The smallest absolute Gasteiger partial charge is 0.123 e. The minimum absolute atomic E-state index is 0.513. The Labute approximate surface area is 128 Å². The van der Waals surface area contributed by atoms with Gasteiger partial charge in [0.1, 0.15) is 6.10 Å². The molecule has 1 N–H and O–H groups in total. The van der Waals surface area contributed by atoms with E-state index in [0.29, 0.717) is 17.3 Å². The van der Waals surface area contributed by atoms with Crippen LogP contribution in [0.4, 0.5) is 0 Å². The Kier molecular flexibility index (Phi) is 4.86. The maximum Gasteiger partial charge on any atom is 0.123 e. The second-order valence-corrected chi connectivity index (χ2v) is 7.04. The van der Waals surface area contributed by atoms with Gasteiger partial charge in [0, 0.05) is 21.9 Å². The highest BCUT2D eigenvalue weighted by Crippen LogP contribution is 2.33. The van der Waals surface area contributed by atoms with Crippen LogP contribution < -0.4 is 0 Å². The van der Waals surface area contributed by atoms with Crippen LogP contribution in [0.25, 0.3) is 0 Å². The maximum absolute atomic E-state index is 10.6. The minimum atomic E-state index is -0.725. The molecule has 0 aromatic carbocycles. The molecule has 0 fully saturated rings. The monoisotopic (exact) mass is 313 g/mol. The minimum Gasteiger partial charge on any atom is -0.382 e. The van der Waals surface area contributed by atoms with E-state index < -0.39 is 6.10 Å². The normalized spacial score (nSPS) is 13.2. The fourth-order valence-electron chi connectivity index (χ4n) is 2.19. The van der Waals surface area contributed by atoms with Crippen LogP contribution >= 0.6 is 22.9 Å². The van der Waals surface area contributed by atoms with Gasteiger partial charge >= 0.3 is 0 Å². The van der Waals surface area contributed by atoms with Gasteiger partial charge in [0.05, 0.1) is 23.5 Å². The molecule has 0 radical (unpaired) electrons. The van der Waals surface area contributed by atoms with Crippen molar-refractivity contribution in [2.75, 3.05) is 20.6 Å². The van der Waals surface area contributed by atoms with E-state index in [1.807, 2.05) is 34.0 Å². The SMILES string of the molecule is Cc1cc(C(O)c2c(Cl)cnn2CCN(C)C)c(C)s1. The summed E-state index contributed by atoms with van der Waals surface area (Å²) in [5.41, 5.74) is 1.59. The average molecular weight is 314 g/mol. The number of aromatic nitrogens is 2. The Morgan fingerprint density at radius 2 is 2.15 bits per heavy atom. The van der Waals surface area contributed by atoms with E-state index >= 15 is 0 Å². The van der Waals surface area contributed by atoms with Crippen molar-refractivity contribution in [2.24, 2.45) is 0 Å². The largest absolute Gasteiger partial charge is 0.382 e. The molecule has 1 unspecified atom stereocenters. The summed E-state index contributed by atoms with van der Waals surface area (Å²) < 4.78 is 1.79. The molecule has 0 amide bonds. The molecule has 0 spiro atoms. The van der Waals surface area contributed by atoms with Crippen LogP contribution in [-0.2, 0) is 6.54 Å². The number of nitrogens with zero attached hydrogens (tertiary/aromatic N) is 3. The number of hydrogen-bond acceptors (Lipinski definition) is 4. The zero-order valence-corrected chi connectivity index (χ0v) is 13.8. The van der Waals surface area contributed by atoms with Gasteiger partial charge in [-0.3, -0.25) is 4.68 Å². The van der Waals surface area contributed by atoms with E-state index in [1.54, 1.807) is 22.2 Å². The first-order valence-corrected chi connectivity index (χ1v) is 7.70. The van der Waals surface area contributed by atoms with Crippen molar-refractivity contribution in [2.45, 2.75) is 26.5 Å². The number of hydrogen-bond donors (Lipinski definition) is 1. The molecule has 0 saturated heterocycles. The van der Waals surface area contributed by atoms with Crippen molar-refractivity contribution in [3.8, 4) is 0 Å². The number of aryl methyl sites for hydroxylation is 2. The number of rotatable bonds is 5. The summed E-state index contributed by atoms with van der Waals surface area (Å²) in [6, 6.07) is 2.02. The van der Waals surface area contributed by atoms with Crippen molar-refractivity contribution in [1.29, 1.82) is 0 Å². The van der Waals surface area contributed by atoms with Gasteiger partial charge in [0.15, 0.2) is 0 Å². The van der Waals surface area contributed by atoms with Crippen LogP contribution in [0.1, 0.15) is 27.1 Å². The van der Waals surface area contributed by atoms with Crippen molar-refractivity contribution in [1.82, 2.24) is 14.7 Å². The molecule has 2 aromatic rings. The lowest BCUT2D eigenvalue weighted by Gasteiger charge is -2.16. The molecule has 0 aliphatic heterocycles. The molecule has 0 aliphatic carbocycles. The maximum atomic E-state index is 10.6. The molecule has 4 nitrogen and oxygen atoms in total. The third-order valence-corrected chi connectivity index (χ3v) is 4.50. The fourth-order valence-corrected chi connectivity index (χ4v) is 3.39. The molecule has 1 atom stereocenters. The Morgan fingerprint density at radius 1 is 1.45 bits per heavy atom. The van der Waals surface area contributed by atoms with Gasteiger partial charge < -0.3 is 10.0 Å². The number of thiophene rings is 1. The lowest BCUT2D eigenvalue weighted by molar-refractivity contribution is 0.205. The highest BCUT2D eigenvalue weighted by atomic mass is 35.5. The van der Waals surface area contributed by atoms with Crippen LogP contribution in [0.3, 0.4) is 0 Å². The molecule has 2 heterocycles. The second kappa shape index (κ2) is 6.26. The topological polar surface area (TPSA) is 41.3 Å². The summed E-state index contributed by atoms with van der Waals surface area (Å²) >= 11 is 7.89. The standard InChI is InChI=1S/C14H20ClN3OS/c1-9-7-11(10(2)20-9)14(19)13-12(15)8-16-18(13)6-5-17(3)4/h7-8,14,19H,5-6H2,1-4H3. The molecule has 110 valence electrons. The Bertz CT molecular complexity index is 591. The number of likely N-dealkylation sites (N-methyl/N-ethyl adjacent to an activating group) is 1. The van der Waals surface area contributed by atoms with E-state index in [4.69, 9.17) is 11.6 Å². The molecular formula is C14H20ClN3OS. The fraction of sp³-hybridized carbons (Fsp3) is 0.500. The average Bonchev–Trinajstić information content (AvgIpc) is 2.89. The summed E-state index contributed by atoms with van der Waals surface area (Å²) in [6.45, 7) is 5.61. The van der Waals surface area contributed by atoms with Gasteiger partial charge in [0.25, 0.3) is 0 Å². The van der Waals surface area contributed by atoms with E-state index in [2.05, 4.69) is 10.00 Å². The first-order chi connectivity index (χ1) is 9.40. The molecular weight excluding hydrogens is 294 g/mol. The highest BCUT2D eigenvalue weighted by Gasteiger charge is 2.22.